The lowest BCUT2D eigenvalue weighted by Crippen LogP contribution is -2.44. The third-order valence-corrected chi connectivity index (χ3v) is 5.76. The Labute approximate surface area is 167 Å². The Kier molecular flexibility index (Phi) is 7.12. The summed E-state index contributed by atoms with van der Waals surface area (Å²) in [5.74, 6) is 1.34. The van der Waals surface area contributed by atoms with Crippen molar-refractivity contribution in [2.24, 2.45) is 5.92 Å². The average molecular weight is 386 g/mol. The van der Waals surface area contributed by atoms with E-state index in [9.17, 15) is 9.59 Å². The molecular weight excluding hydrogens is 354 g/mol. The molecule has 1 fully saturated rings. The van der Waals surface area contributed by atoms with Gasteiger partial charge in [0.05, 0.1) is 13.7 Å². The van der Waals surface area contributed by atoms with E-state index in [4.69, 9.17) is 9.47 Å². The Morgan fingerprint density at radius 3 is 2.68 bits per heavy atom. The van der Waals surface area contributed by atoms with Crippen molar-refractivity contribution < 1.29 is 19.1 Å². The topological polar surface area (TPSA) is 55.8 Å². The van der Waals surface area contributed by atoms with Gasteiger partial charge in [-0.15, -0.1) is 0 Å². The van der Waals surface area contributed by atoms with Crippen LogP contribution in [0.2, 0.25) is 0 Å². The number of benzene rings is 1. The molecule has 2 aliphatic rings. The van der Waals surface area contributed by atoms with Crippen LogP contribution in [0.15, 0.2) is 36.1 Å². The third-order valence-electron chi connectivity index (χ3n) is 5.76. The molecule has 0 aromatic heterocycles. The number of nitrogens with zero attached hydrogens (tertiary/aromatic N) is 1. The maximum atomic E-state index is 12.7. The number of aryl methyl sites for hydroxylation is 1. The van der Waals surface area contributed by atoms with Gasteiger partial charge in [-0.25, -0.2) is 4.79 Å². The fraction of sp³-hybridized carbons (Fsp3) is 0.565. The molecule has 1 aliphatic carbocycles. The van der Waals surface area contributed by atoms with Crippen LogP contribution in [0.3, 0.4) is 0 Å². The standard InChI is InChI=1S/C23H31NO4/c1-3-9-18-12-7-8-13-21(18)28-19-15-22(25)24(16-19)20(23(26)27-2)14-17-10-5-4-6-11-17/h7-8,12-13,15,17,20H,3-6,9-11,14,16H2,1-2H3. The van der Waals surface area contributed by atoms with Crippen LogP contribution in [0.25, 0.3) is 0 Å². The Balaban J connectivity index is 1.69. The maximum absolute atomic E-state index is 12.7. The third kappa shape index (κ3) is 4.94. The average Bonchev–Trinajstić information content (AvgIpc) is 3.08. The first-order chi connectivity index (χ1) is 13.6. The Morgan fingerprint density at radius 1 is 1.21 bits per heavy atom. The van der Waals surface area contributed by atoms with E-state index in [0.717, 1.165) is 37.0 Å². The van der Waals surface area contributed by atoms with Crippen molar-refractivity contribution in [2.45, 2.75) is 64.3 Å². The highest BCUT2D eigenvalue weighted by Crippen LogP contribution is 2.31. The number of rotatable bonds is 8. The molecule has 1 atom stereocenters. The summed E-state index contributed by atoms with van der Waals surface area (Å²) in [5.41, 5.74) is 1.13. The minimum atomic E-state index is -0.538. The zero-order valence-electron chi connectivity index (χ0n) is 17.0. The molecule has 1 aliphatic heterocycles. The second-order valence-corrected chi connectivity index (χ2v) is 7.82. The Morgan fingerprint density at radius 2 is 1.96 bits per heavy atom. The van der Waals surface area contributed by atoms with Crippen molar-refractivity contribution in [3.8, 4) is 5.75 Å². The molecule has 5 heteroatoms. The first-order valence-corrected chi connectivity index (χ1v) is 10.5. The van der Waals surface area contributed by atoms with Crippen molar-refractivity contribution in [1.82, 2.24) is 4.90 Å². The SMILES string of the molecule is CCCc1ccccc1OC1=CC(=O)N(C(CC2CCCCC2)C(=O)OC)C1. The second kappa shape index (κ2) is 9.76. The number of ether oxygens (including phenoxy) is 2. The number of hydrogen-bond acceptors (Lipinski definition) is 4. The summed E-state index contributed by atoms with van der Waals surface area (Å²) in [6, 6.07) is 7.37. The van der Waals surface area contributed by atoms with E-state index in [-0.39, 0.29) is 11.9 Å². The highest BCUT2D eigenvalue weighted by molar-refractivity contribution is 5.94. The lowest BCUT2D eigenvalue weighted by molar-refractivity contribution is -0.151. The van der Waals surface area contributed by atoms with Crippen LogP contribution in [0.5, 0.6) is 5.75 Å². The summed E-state index contributed by atoms with van der Waals surface area (Å²) >= 11 is 0. The second-order valence-electron chi connectivity index (χ2n) is 7.82. The van der Waals surface area contributed by atoms with Gasteiger partial charge in [0.15, 0.2) is 0 Å². The molecule has 1 amide bonds. The van der Waals surface area contributed by atoms with E-state index in [1.165, 1.54) is 32.4 Å². The van der Waals surface area contributed by atoms with Gasteiger partial charge in [0, 0.05) is 6.08 Å². The van der Waals surface area contributed by atoms with Crippen LogP contribution in [-0.2, 0) is 20.7 Å². The van der Waals surface area contributed by atoms with Gasteiger partial charge in [-0.2, -0.15) is 0 Å². The lowest BCUT2D eigenvalue weighted by atomic mass is 9.84. The number of hydrogen-bond donors (Lipinski definition) is 0. The molecular formula is C23H31NO4. The fourth-order valence-electron chi connectivity index (χ4n) is 4.28. The van der Waals surface area contributed by atoms with Crippen molar-refractivity contribution >= 4 is 11.9 Å². The number of carbonyl (C=O) groups excluding carboxylic acids is 2. The summed E-state index contributed by atoms with van der Waals surface area (Å²) < 4.78 is 11.1. The smallest absolute Gasteiger partial charge is 0.328 e. The number of methoxy groups -OCH3 is 1. The van der Waals surface area contributed by atoms with Crippen molar-refractivity contribution in [3.05, 3.63) is 41.7 Å². The maximum Gasteiger partial charge on any atom is 0.328 e. The van der Waals surface area contributed by atoms with Crippen LogP contribution in [0, 0.1) is 5.92 Å². The van der Waals surface area contributed by atoms with E-state index in [0.29, 0.717) is 24.6 Å². The molecule has 1 unspecified atom stereocenters. The van der Waals surface area contributed by atoms with Crippen LogP contribution < -0.4 is 4.74 Å². The molecule has 1 heterocycles. The molecule has 1 saturated carbocycles. The van der Waals surface area contributed by atoms with E-state index in [1.807, 2.05) is 24.3 Å². The van der Waals surface area contributed by atoms with Crippen LogP contribution in [0.1, 0.15) is 57.4 Å². The first-order valence-electron chi connectivity index (χ1n) is 10.5. The molecule has 1 aromatic rings. The molecule has 0 bridgehead atoms. The number of para-hydroxylation sites is 1. The van der Waals surface area contributed by atoms with Gasteiger partial charge < -0.3 is 14.4 Å². The monoisotopic (exact) mass is 385 g/mol. The molecule has 0 N–H and O–H groups in total. The summed E-state index contributed by atoms with van der Waals surface area (Å²) in [6.07, 6.45) is 10.0. The van der Waals surface area contributed by atoms with E-state index in [2.05, 4.69) is 6.92 Å². The van der Waals surface area contributed by atoms with Crippen LogP contribution in [0.4, 0.5) is 0 Å². The van der Waals surface area contributed by atoms with Gasteiger partial charge in [0.1, 0.15) is 17.6 Å². The highest BCUT2D eigenvalue weighted by Gasteiger charge is 2.36. The Bertz CT molecular complexity index is 721. The van der Waals surface area contributed by atoms with E-state index in [1.54, 1.807) is 4.90 Å². The van der Waals surface area contributed by atoms with Crippen molar-refractivity contribution in [1.29, 1.82) is 0 Å². The van der Waals surface area contributed by atoms with Crippen molar-refractivity contribution in [2.75, 3.05) is 13.7 Å². The number of esters is 1. The summed E-state index contributed by atoms with van der Waals surface area (Å²) in [6.45, 7) is 2.44. The van der Waals surface area contributed by atoms with Gasteiger partial charge in [0.25, 0.3) is 5.91 Å². The predicted octanol–water partition coefficient (Wildman–Crippen LogP) is 4.26. The van der Waals surface area contributed by atoms with E-state index < -0.39 is 6.04 Å². The zero-order chi connectivity index (χ0) is 19.9. The molecule has 1 aromatic carbocycles. The molecule has 28 heavy (non-hydrogen) atoms. The van der Waals surface area contributed by atoms with Crippen LogP contribution >= 0.6 is 0 Å². The summed E-state index contributed by atoms with van der Waals surface area (Å²) in [7, 11) is 1.39. The summed E-state index contributed by atoms with van der Waals surface area (Å²) in [4.78, 5) is 26.7. The van der Waals surface area contributed by atoms with Gasteiger partial charge >= 0.3 is 5.97 Å². The minimum absolute atomic E-state index is 0.172. The first kappa shape index (κ1) is 20.4. The van der Waals surface area contributed by atoms with Crippen LogP contribution in [-0.4, -0.2) is 36.5 Å². The van der Waals surface area contributed by atoms with Gasteiger partial charge in [0.2, 0.25) is 0 Å². The lowest BCUT2D eigenvalue weighted by Gasteiger charge is -2.30. The van der Waals surface area contributed by atoms with Crippen molar-refractivity contribution in [3.63, 3.8) is 0 Å². The molecule has 5 nitrogen and oxygen atoms in total. The molecule has 152 valence electrons. The minimum Gasteiger partial charge on any atom is -0.467 e. The fourth-order valence-corrected chi connectivity index (χ4v) is 4.28. The molecule has 3 rings (SSSR count). The highest BCUT2D eigenvalue weighted by atomic mass is 16.5. The zero-order valence-corrected chi connectivity index (χ0v) is 17.0. The summed E-state index contributed by atoms with van der Waals surface area (Å²) in [5, 5.41) is 0. The van der Waals surface area contributed by atoms with Gasteiger partial charge in [-0.1, -0.05) is 63.6 Å². The predicted molar refractivity (Wildman–Crippen MR) is 108 cm³/mol. The van der Waals surface area contributed by atoms with Gasteiger partial charge in [-0.3, -0.25) is 4.79 Å². The number of amides is 1. The number of carbonyl (C=O) groups is 2. The van der Waals surface area contributed by atoms with Gasteiger partial charge in [-0.05, 0) is 30.4 Å². The normalized spacial score (nSPS) is 18.7. The van der Waals surface area contributed by atoms with E-state index >= 15 is 0 Å². The molecule has 0 spiro atoms. The molecule has 0 saturated heterocycles. The Hall–Kier alpha value is -2.30. The quantitative estimate of drug-likeness (QED) is 0.628. The molecule has 0 radical (unpaired) electrons. The largest absolute Gasteiger partial charge is 0.467 e.